The van der Waals surface area contributed by atoms with Gasteiger partial charge in [0.1, 0.15) is 0 Å². The number of carbonyl (C=O) groups excluding carboxylic acids is 1. The van der Waals surface area contributed by atoms with Crippen molar-refractivity contribution in [2.45, 2.75) is 25.8 Å². The fourth-order valence-electron chi connectivity index (χ4n) is 2.60. The molecule has 1 fully saturated rings. The number of hydrogen-bond acceptors (Lipinski definition) is 3. The molecule has 1 aromatic heterocycles. The highest BCUT2D eigenvalue weighted by atomic mass is 16.2. The molecule has 3 rings (SSSR count). The molecule has 0 unspecified atom stereocenters. The lowest BCUT2D eigenvalue weighted by Crippen LogP contribution is -2.42. The van der Waals surface area contributed by atoms with Crippen molar-refractivity contribution in [1.82, 2.24) is 14.7 Å². The maximum absolute atomic E-state index is 12.4. The van der Waals surface area contributed by atoms with E-state index in [1.807, 2.05) is 53.2 Å². The van der Waals surface area contributed by atoms with Gasteiger partial charge in [-0.2, -0.15) is 5.10 Å². The molecule has 2 N–H and O–H groups in total. The van der Waals surface area contributed by atoms with Crippen LogP contribution in [0.2, 0.25) is 0 Å². The fraction of sp³-hybridized carbons (Fsp3) is 0.375. The molecule has 110 valence electrons. The molecule has 0 spiro atoms. The van der Waals surface area contributed by atoms with Crippen molar-refractivity contribution in [3.8, 4) is 5.69 Å². The van der Waals surface area contributed by atoms with Gasteiger partial charge >= 0.3 is 0 Å². The predicted molar refractivity (Wildman–Crippen MR) is 81.4 cm³/mol. The molecule has 5 heteroatoms. The summed E-state index contributed by atoms with van der Waals surface area (Å²) in [5.41, 5.74) is 8.66. The van der Waals surface area contributed by atoms with E-state index in [0.717, 1.165) is 42.7 Å². The van der Waals surface area contributed by atoms with Crippen LogP contribution in [0.1, 0.15) is 28.8 Å². The molecular weight excluding hydrogens is 264 g/mol. The van der Waals surface area contributed by atoms with Gasteiger partial charge in [0, 0.05) is 30.9 Å². The summed E-state index contributed by atoms with van der Waals surface area (Å²) in [7, 11) is 0. The Morgan fingerprint density at radius 3 is 2.48 bits per heavy atom. The lowest BCUT2D eigenvalue weighted by molar-refractivity contribution is 0.0715. The SMILES string of the molecule is Cc1cnn(-c2ccc(C(=O)N3CCC(N)CC3)cc2)c1. The van der Waals surface area contributed by atoms with Crippen LogP contribution in [0.3, 0.4) is 0 Å². The average molecular weight is 284 g/mol. The van der Waals surface area contributed by atoms with Crippen molar-refractivity contribution in [2.75, 3.05) is 13.1 Å². The van der Waals surface area contributed by atoms with Gasteiger partial charge in [-0.05, 0) is 49.6 Å². The number of piperidine rings is 1. The van der Waals surface area contributed by atoms with Gasteiger partial charge < -0.3 is 10.6 Å². The van der Waals surface area contributed by atoms with Crippen molar-refractivity contribution in [3.05, 3.63) is 47.8 Å². The summed E-state index contributed by atoms with van der Waals surface area (Å²) < 4.78 is 1.81. The topological polar surface area (TPSA) is 64.2 Å². The number of benzene rings is 1. The minimum atomic E-state index is 0.0881. The lowest BCUT2D eigenvalue weighted by atomic mass is 10.0. The van der Waals surface area contributed by atoms with Crippen LogP contribution in [0.4, 0.5) is 0 Å². The Labute approximate surface area is 124 Å². The molecule has 21 heavy (non-hydrogen) atoms. The van der Waals surface area contributed by atoms with E-state index < -0.39 is 0 Å². The highest BCUT2D eigenvalue weighted by Crippen LogP contribution is 2.15. The molecule has 2 aromatic rings. The molecule has 0 aliphatic carbocycles. The van der Waals surface area contributed by atoms with Gasteiger partial charge in [0.15, 0.2) is 0 Å². The highest BCUT2D eigenvalue weighted by molar-refractivity contribution is 5.94. The first-order valence-electron chi connectivity index (χ1n) is 7.30. The first-order valence-corrected chi connectivity index (χ1v) is 7.30. The summed E-state index contributed by atoms with van der Waals surface area (Å²) in [6, 6.07) is 7.82. The zero-order chi connectivity index (χ0) is 14.8. The van der Waals surface area contributed by atoms with Crippen molar-refractivity contribution in [1.29, 1.82) is 0 Å². The van der Waals surface area contributed by atoms with Crippen molar-refractivity contribution >= 4 is 5.91 Å². The van der Waals surface area contributed by atoms with E-state index in [9.17, 15) is 4.79 Å². The van der Waals surface area contributed by atoms with Gasteiger partial charge in [-0.25, -0.2) is 4.68 Å². The van der Waals surface area contributed by atoms with Gasteiger partial charge in [0.25, 0.3) is 5.91 Å². The summed E-state index contributed by atoms with van der Waals surface area (Å²) in [5, 5.41) is 4.27. The van der Waals surface area contributed by atoms with Crippen molar-refractivity contribution in [2.24, 2.45) is 5.73 Å². The van der Waals surface area contributed by atoms with Gasteiger partial charge in [-0.15, -0.1) is 0 Å². The van der Waals surface area contributed by atoms with Crippen LogP contribution < -0.4 is 5.73 Å². The Bertz CT molecular complexity index is 624. The van der Waals surface area contributed by atoms with Crippen LogP contribution in [0.25, 0.3) is 5.69 Å². The minimum Gasteiger partial charge on any atom is -0.339 e. The summed E-state index contributed by atoms with van der Waals surface area (Å²) in [5.74, 6) is 0.0881. The van der Waals surface area contributed by atoms with E-state index >= 15 is 0 Å². The smallest absolute Gasteiger partial charge is 0.253 e. The second-order valence-electron chi connectivity index (χ2n) is 5.64. The van der Waals surface area contributed by atoms with Crippen LogP contribution in [0.15, 0.2) is 36.7 Å². The Morgan fingerprint density at radius 2 is 1.90 bits per heavy atom. The zero-order valence-corrected chi connectivity index (χ0v) is 12.2. The van der Waals surface area contributed by atoms with E-state index in [-0.39, 0.29) is 11.9 Å². The van der Waals surface area contributed by atoms with Gasteiger partial charge in [-0.1, -0.05) is 0 Å². The molecule has 0 atom stereocenters. The van der Waals surface area contributed by atoms with Gasteiger partial charge in [0.2, 0.25) is 0 Å². The Hall–Kier alpha value is -2.14. The number of aryl methyl sites for hydroxylation is 1. The molecule has 1 amide bonds. The van der Waals surface area contributed by atoms with Crippen LogP contribution in [0, 0.1) is 6.92 Å². The summed E-state index contributed by atoms with van der Waals surface area (Å²) >= 11 is 0. The summed E-state index contributed by atoms with van der Waals surface area (Å²) in [4.78, 5) is 14.3. The molecular formula is C16H20N4O. The number of carbonyl (C=O) groups is 1. The number of likely N-dealkylation sites (tertiary alicyclic amines) is 1. The Kier molecular flexibility index (Phi) is 3.75. The number of nitrogens with two attached hydrogens (primary N) is 1. The van der Waals surface area contributed by atoms with Crippen LogP contribution in [-0.2, 0) is 0 Å². The number of amides is 1. The molecule has 1 saturated heterocycles. The summed E-state index contributed by atoms with van der Waals surface area (Å²) in [6.07, 6.45) is 5.55. The third kappa shape index (κ3) is 2.97. The zero-order valence-electron chi connectivity index (χ0n) is 12.2. The molecule has 0 radical (unpaired) electrons. The maximum Gasteiger partial charge on any atom is 0.253 e. The van der Waals surface area contributed by atoms with Crippen LogP contribution >= 0.6 is 0 Å². The molecule has 0 saturated carbocycles. The largest absolute Gasteiger partial charge is 0.339 e. The lowest BCUT2D eigenvalue weighted by Gasteiger charge is -2.30. The standard InChI is InChI=1S/C16H20N4O/c1-12-10-18-20(11-12)15-4-2-13(3-5-15)16(21)19-8-6-14(17)7-9-19/h2-5,10-11,14H,6-9,17H2,1H3. The monoisotopic (exact) mass is 284 g/mol. The van der Waals surface area contributed by atoms with E-state index in [0.29, 0.717) is 0 Å². The molecule has 2 heterocycles. The third-order valence-electron chi connectivity index (χ3n) is 3.92. The molecule has 5 nitrogen and oxygen atoms in total. The molecule has 1 aromatic carbocycles. The van der Waals surface area contributed by atoms with E-state index in [1.165, 1.54) is 0 Å². The normalized spacial score (nSPS) is 16.2. The van der Waals surface area contributed by atoms with Gasteiger partial charge in [0.05, 0.1) is 11.9 Å². The second-order valence-corrected chi connectivity index (χ2v) is 5.64. The molecule has 0 bridgehead atoms. The van der Waals surface area contributed by atoms with Crippen LogP contribution in [0.5, 0.6) is 0 Å². The second kappa shape index (κ2) is 5.69. The van der Waals surface area contributed by atoms with Crippen molar-refractivity contribution < 1.29 is 4.79 Å². The number of rotatable bonds is 2. The number of hydrogen-bond donors (Lipinski definition) is 1. The predicted octanol–water partition coefficient (Wildman–Crippen LogP) is 1.74. The minimum absolute atomic E-state index is 0.0881. The average Bonchev–Trinajstić information content (AvgIpc) is 2.94. The Morgan fingerprint density at radius 1 is 1.24 bits per heavy atom. The first-order chi connectivity index (χ1) is 10.1. The van der Waals surface area contributed by atoms with Crippen LogP contribution in [-0.4, -0.2) is 39.7 Å². The van der Waals surface area contributed by atoms with Gasteiger partial charge in [-0.3, -0.25) is 4.79 Å². The van der Waals surface area contributed by atoms with Crippen molar-refractivity contribution in [3.63, 3.8) is 0 Å². The third-order valence-corrected chi connectivity index (χ3v) is 3.92. The number of aromatic nitrogens is 2. The van der Waals surface area contributed by atoms with E-state index in [4.69, 9.17) is 5.73 Å². The Balaban J connectivity index is 1.73. The summed E-state index contributed by atoms with van der Waals surface area (Å²) in [6.45, 7) is 3.50. The quantitative estimate of drug-likeness (QED) is 0.913. The molecule has 1 aliphatic heterocycles. The van der Waals surface area contributed by atoms with E-state index in [2.05, 4.69) is 5.10 Å². The fourth-order valence-corrected chi connectivity index (χ4v) is 2.60. The highest BCUT2D eigenvalue weighted by Gasteiger charge is 2.21. The number of nitrogens with zero attached hydrogens (tertiary/aromatic N) is 3. The maximum atomic E-state index is 12.4. The molecule has 1 aliphatic rings. The first kappa shape index (κ1) is 13.8. The van der Waals surface area contributed by atoms with E-state index in [1.54, 1.807) is 0 Å².